The molecule has 2 aromatic carbocycles. The normalized spacial score (nSPS) is 18.5. The van der Waals surface area contributed by atoms with Crippen molar-refractivity contribution in [3.63, 3.8) is 0 Å². The molecule has 1 spiro atoms. The quantitative estimate of drug-likeness (QED) is 0.306. The number of aromatic nitrogens is 2. The van der Waals surface area contributed by atoms with Crippen LogP contribution in [0.4, 0.5) is 5.69 Å². The summed E-state index contributed by atoms with van der Waals surface area (Å²) in [5.74, 6) is -1.23. The minimum Gasteiger partial charge on any atom is -0.462 e. The topological polar surface area (TPSA) is 90.4 Å². The Balaban J connectivity index is 1.96. The average molecular weight is 503 g/mol. The van der Waals surface area contributed by atoms with Crippen LogP contribution in [0, 0.1) is 0 Å². The van der Waals surface area contributed by atoms with Gasteiger partial charge in [0.1, 0.15) is 21.9 Å². The van der Waals surface area contributed by atoms with Crippen LogP contribution in [0.25, 0.3) is 5.76 Å². The average Bonchev–Trinajstić information content (AvgIpc) is 3.04. The molecule has 0 aliphatic carbocycles. The fourth-order valence-electron chi connectivity index (χ4n) is 4.25. The van der Waals surface area contributed by atoms with Crippen LogP contribution in [0.2, 0.25) is 15.5 Å². The standard InChI is InChI=1S/C23H14Cl3N3O4/c1-2-32-20(30)15-17(11-6-4-3-5-7-11)33-19-16(18(25)28-22(26)29-19)23(15)13-9-8-12(24)10-14(13)27-21(23)31/h3-10H,2H2,1H3,(H,27,31). The first-order valence-electron chi connectivity index (χ1n) is 9.88. The molecule has 2 aliphatic rings. The fourth-order valence-corrected chi connectivity index (χ4v) is 4.92. The maximum absolute atomic E-state index is 13.8. The number of ether oxygens (including phenoxy) is 2. The van der Waals surface area contributed by atoms with E-state index in [-0.39, 0.29) is 39.8 Å². The minimum atomic E-state index is -1.76. The Morgan fingerprint density at radius 2 is 1.88 bits per heavy atom. The second kappa shape index (κ2) is 8.02. The highest BCUT2D eigenvalue weighted by Gasteiger charge is 2.60. The highest BCUT2D eigenvalue weighted by Crippen LogP contribution is 2.57. The molecule has 0 radical (unpaired) electrons. The number of hydrogen-bond donors (Lipinski definition) is 1. The number of carbonyl (C=O) groups excluding carboxylic acids is 2. The lowest BCUT2D eigenvalue weighted by molar-refractivity contribution is -0.140. The minimum absolute atomic E-state index is 0.0372. The summed E-state index contributed by atoms with van der Waals surface area (Å²) < 4.78 is 11.5. The Labute approximate surface area is 203 Å². The van der Waals surface area contributed by atoms with Crippen LogP contribution in [-0.4, -0.2) is 28.5 Å². The van der Waals surface area contributed by atoms with E-state index in [1.165, 1.54) is 0 Å². The number of rotatable bonds is 3. The third-order valence-electron chi connectivity index (χ3n) is 5.47. The van der Waals surface area contributed by atoms with E-state index in [1.807, 2.05) is 6.07 Å². The number of amides is 1. The van der Waals surface area contributed by atoms with Gasteiger partial charge in [0.05, 0.1) is 12.2 Å². The Morgan fingerprint density at radius 1 is 1.12 bits per heavy atom. The number of carbonyl (C=O) groups is 2. The second-order valence-electron chi connectivity index (χ2n) is 7.25. The van der Waals surface area contributed by atoms with Gasteiger partial charge in [-0.1, -0.05) is 59.6 Å². The Bertz CT molecular complexity index is 1360. The number of benzene rings is 2. The highest BCUT2D eigenvalue weighted by molar-refractivity contribution is 6.34. The molecule has 0 saturated heterocycles. The first-order chi connectivity index (χ1) is 15.9. The van der Waals surface area contributed by atoms with Crippen LogP contribution in [0.5, 0.6) is 5.88 Å². The summed E-state index contributed by atoms with van der Waals surface area (Å²) in [7, 11) is 0. The van der Waals surface area contributed by atoms with E-state index in [9.17, 15) is 9.59 Å². The summed E-state index contributed by atoms with van der Waals surface area (Å²) in [6.45, 7) is 1.75. The van der Waals surface area contributed by atoms with E-state index in [1.54, 1.807) is 49.4 Å². The van der Waals surface area contributed by atoms with Crippen molar-refractivity contribution < 1.29 is 19.1 Å². The molecule has 1 unspecified atom stereocenters. The molecule has 0 fully saturated rings. The van der Waals surface area contributed by atoms with Crippen LogP contribution in [-0.2, 0) is 19.7 Å². The number of fused-ring (bicyclic) bond motifs is 4. The lowest BCUT2D eigenvalue weighted by Gasteiger charge is -2.36. The van der Waals surface area contributed by atoms with E-state index in [4.69, 9.17) is 44.3 Å². The van der Waals surface area contributed by atoms with Gasteiger partial charge in [0, 0.05) is 21.8 Å². The predicted octanol–water partition coefficient (Wildman–Crippen LogP) is 5.04. The molecule has 5 rings (SSSR count). The molecule has 7 nitrogen and oxygen atoms in total. The van der Waals surface area contributed by atoms with Crippen molar-refractivity contribution in [2.24, 2.45) is 0 Å². The molecule has 3 heterocycles. The van der Waals surface area contributed by atoms with Crippen molar-refractivity contribution in [3.05, 3.63) is 86.3 Å². The van der Waals surface area contributed by atoms with E-state index in [0.717, 1.165) is 0 Å². The third-order valence-corrected chi connectivity index (χ3v) is 6.15. The summed E-state index contributed by atoms with van der Waals surface area (Å²) in [5, 5.41) is 2.92. The molecule has 1 aromatic heterocycles. The van der Waals surface area contributed by atoms with Crippen LogP contribution >= 0.6 is 34.8 Å². The lowest BCUT2D eigenvalue weighted by Crippen LogP contribution is -2.45. The van der Waals surface area contributed by atoms with Gasteiger partial charge in [-0.25, -0.2) is 9.78 Å². The zero-order chi connectivity index (χ0) is 23.3. The summed E-state index contributed by atoms with van der Waals surface area (Å²) in [6, 6.07) is 13.7. The third kappa shape index (κ3) is 3.19. The number of nitrogens with one attached hydrogen (secondary N) is 1. The number of esters is 1. The van der Waals surface area contributed by atoms with Gasteiger partial charge in [-0.3, -0.25) is 4.79 Å². The van der Waals surface area contributed by atoms with Gasteiger partial charge in [0.15, 0.2) is 0 Å². The van der Waals surface area contributed by atoms with Gasteiger partial charge in [-0.15, -0.1) is 0 Å². The van der Waals surface area contributed by atoms with Crippen LogP contribution in [0.15, 0.2) is 54.1 Å². The van der Waals surface area contributed by atoms with Gasteiger partial charge in [-0.05, 0) is 30.7 Å². The largest absolute Gasteiger partial charge is 0.462 e. The van der Waals surface area contributed by atoms with E-state index in [0.29, 0.717) is 21.8 Å². The predicted molar refractivity (Wildman–Crippen MR) is 124 cm³/mol. The molecule has 1 amide bonds. The van der Waals surface area contributed by atoms with Crippen molar-refractivity contribution in [2.45, 2.75) is 12.3 Å². The van der Waals surface area contributed by atoms with Crippen molar-refractivity contribution in [3.8, 4) is 5.88 Å². The molecule has 0 bridgehead atoms. The zero-order valence-corrected chi connectivity index (χ0v) is 19.3. The summed E-state index contributed by atoms with van der Waals surface area (Å²) in [4.78, 5) is 35.5. The number of anilines is 1. The maximum atomic E-state index is 13.8. The molecule has 1 atom stereocenters. The molecule has 3 aromatic rings. The zero-order valence-electron chi connectivity index (χ0n) is 17.0. The van der Waals surface area contributed by atoms with Gasteiger partial charge in [0.2, 0.25) is 17.1 Å². The van der Waals surface area contributed by atoms with Gasteiger partial charge in [-0.2, -0.15) is 4.98 Å². The number of hydrogen-bond acceptors (Lipinski definition) is 6. The molecular weight excluding hydrogens is 489 g/mol. The number of nitrogens with zero attached hydrogens (tertiary/aromatic N) is 2. The van der Waals surface area contributed by atoms with E-state index >= 15 is 0 Å². The Kier molecular flexibility index (Phi) is 5.28. The van der Waals surface area contributed by atoms with Gasteiger partial charge >= 0.3 is 5.97 Å². The molecular formula is C23H14Cl3N3O4. The van der Waals surface area contributed by atoms with Gasteiger partial charge in [0.25, 0.3) is 0 Å². The van der Waals surface area contributed by atoms with Crippen LogP contribution < -0.4 is 10.1 Å². The summed E-state index contributed by atoms with van der Waals surface area (Å²) in [6.07, 6.45) is 0. The van der Waals surface area contributed by atoms with Crippen molar-refractivity contribution >= 4 is 58.1 Å². The van der Waals surface area contributed by atoms with Crippen LogP contribution in [0.3, 0.4) is 0 Å². The van der Waals surface area contributed by atoms with E-state index < -0.39 is 17.3 Å². The summed E-state index contributed by atoms with van der Waals surface area (Å²) in [5.41, 5.74) is -0.325. The SMILES string of the molecule is CCOC(=O)C1=C(c2ccccc2)Oc2nc(Cl)nc(Cl)c2C12C(=O)Nc1cc(Cl)ccc12. The van der Waals surface area contributed by atoms with Crippen molar-refractivity contribution in [1.82, 2.24) is 9.97 Å². The smallest absolute Gasteiger partial charge is 0.339 e. The monoisotopic (exact) mass is 501 g/mol. The van der Waals surface area contributed by atoms with Gasteiger partial charge < -0.3 is 14.8 Å². The molecule has 33 heavy (non-hydrogen) atoms. The molecule has 1 N–H and O–H groups in total. The Morgan fingerprint density at radius 3 is 2.61 bits per heavy atom. The maximum Gasteiger partial charge on any atom is 0.339 e. The molecule has 10 heteroatoms. The summed E-state index contributed by atoms with van der Waals surface area (Å²) >= 11 is 18.8. The van der Waals surface area contributed by atoms with Crippen molar-refractivity contribution in [1.29, 1.82) is 0 Å². The molecule has 0 saturated carbocycles. The van der Waals surface area contributed by atoms with Crippen molar-refractivity contribution in [2.75, 3.05) is 11.9 Å². The lowest BCUT2D eigenvalue weighted by atomic mass is 9.68. The molecule has 166 valence electrons. The second-order valence-corrected chi connectivity index (χ2v) is 8.38. The molecule has 2 aliphatic heterocycles. The number of halogens is 3. The Hall–Kier alpha value is -3.13. The first-order valence-corrected chi connectivity index (χ1v) is 11.0. The van der Waals surface area contributed by atoms with Crippen LogP contribution in [0.1, 0.15) is 23.6 Å². The van der Waals surface area contributed by atoms with E-state index in [2.05, 4.69) is 15.3 Å². The first kappa shape index (κ1) is 21.7. The fraction of sp³-hybridized carbons (Fsp3) is 0.130. The highest BCUT2D eigenvalue weighted by atomic mass is 35.5.